The SMILES string of the molecule is Cl.NCC(F)(F)C12CC(C1)C2. The molecule has 2 N–H and O–H groups in total. The van der Waals surface area contributed by atoms with Crippen LogP contribution in [0.2, 0.25) is 0 Å². The van der Waals surface area contributed by atoms with Crippen LogP contribution in [0, 0.1) is 11.3 Å². The minimum atomic E-state index is -2.58. The highest BCUT2D eigenvalue weighted by atomic mass is 35.5. The largest absolute Gasteiger partial charge is 0.325 e. The van der Waals surface area contributed by atoms with E-state index in [1.807, 2.05) is 0 Å². The van der Waals surface area contributed by atoms with Gasteiger partial charge in [0.05, 0.1) is 6.54 Å². The van der Waals surface area contributed by atoms with Gasteiger partial charge >= 0.3 is 0 Å². The maximum absolute atomic E-state index is 12.9. The molecule has 66 valence electrons. The Balaban J connectivity index is 0.000000605. The number of rotatable bonds is 2. The summed E-state index contributed by atoms with van der Waals surface area (Å²) in [5, 5.41) is 0. The van der Waals surface area contributed by atoms with Crippen LogP contribution in [-0.4, -0.2) is 12.5 Å². The van der Waals surface area contributed by atoms with Crippen LogP contribution in [0.4, 0.5) is 8.78 Å². The van der Waals surface area contributed by atoms with E-state index in [0.717, 1.165) is 19.3 Å². The highest BCUT2D eigenvalue weighted by Gasteiger charge is 2.68. The molecule has 0 aliphatic heterocycles. The average Bonchev–Trinajstić information content (AvgIpc) is 1.55. The highest BCUT2D eigenvalue weighted by molar-refractivity contribution is 5.85. The molecule has 0 spiro atoms. The Bertz CT molecular complexity index is 152. The summed E-state index contributed by atoms with van der Waals surface area (Å²) in [4.78, 5) is 0. The predicted molar refractivity (Wildman–Crippen MR) is 41.0 cm³/mol. The van der Waals surface area contributed by atoms with Crippen molar-refractivity contribution >= 4 is 12.4 Å². The lowest BCUT2D eigenvalue weighted by Crippen LogP contribution is -2.64. The molecule has 1 nitrogen and oxygen atoms in total. The van der Waals surface area contributed by atoms with Crippen LogP contribution in [0.15, 0.2) is 0 Å². The molecule has 3 saturated carbocycles. The van der Waals surface area contributed by atoms with Crippen molar-refractivity contribution in [3.63, 3.8) is 0 Å². The minimum Gasteiger partial charge on any atom is -0.325 e. The number of hydrogen-bond donors (Lipinski definition) is 1. The van der Waals surface area contributed by atoms with E-state index in [0.29, 0.717) is 5.92 Å². The summed E-state index contributed by atoms with van der Waals surface area (Å²) in [6.45, 7) is -0.473. The van der Waals surface area contributed by atoms with Gasteiger partial charge in [0.15, 0.2) is 0 Å². The van der Waals surface area contributed by atoms with Gasteiger partial charge in [0.25, 0.3) is 5.92 Å². The second-order valence-corrected chi connectivity index (χ2v) is 3.67. The molecule has 3 fully saturated rings. The Morgan fingerprint density at radius 1 is 1.36 bits per heavy atom. The third kappa shape index (κ3) is 0.905. The molecule has 3 aliphatic carbocycles. The lowest BCUT2D eigenvalue weighted by Gasteiger charge is -2.64. The predicted octanol–water partition coefficient (Wildman–Crippen LogP) is 1.80. The number of alkyl halides is 2. The molecule has 2 bridgehead atoms. The van der Waals surface area contributed by atoms with Crippen molar-refractivity contribution in [3.8, 4) is 0 Å². The molecule has 0 heterocycles. The van der Waals surface area contributed by atoms with Gasteiger partial charge in [-0.1, -0.05) is 0 Å². The third-order valence-corrected chi connectivity index (χ3v) is 3.07. The van der Waals surface area contributed by atoms with E-state index < -0.39 is 17.9 Å². The van der Waals surface area contributed by atoms with Gasteiger partial charge in [-0.2, -0.15) is 0 Å². The maximum Gasteiger partial charge on any atom is 0.265 e. The summed E-state index contributed by atoms with van der Waals surface area (Å²) in [6, 6.07) is 0. The van der Waals surface area contributed by atoms with Crippen LogP contribution in [0.3, 0.4) is 0 Å². The van der Waals surface area contributed by atoms with Crippen molar-refractivity contribution in [2.45, 2.75) is 25.2 Å². The van der Waals surface area contributed by atoms with E-state index in [-0.39, 0.29) is 12.4 Å². The molecule has 0 unspecified atom stereocenters. The lowest BCUT2D eigenvalue weighted by molar-refractivity contribution is -0.258. The maximum atomic E-state index is 12.9. The Morgan fingerprint density at radius 2 is 1.82 bits per heavy atom. The van der Waals surface area contributed by atoms with Crippen molar-refractivity contribution in [2.75, 3.05) is 6.54 Å². The summed E-state index contributed by atoms with van der Waals surface area (Å²) in [5.41, 5.74) is 4.33. The quantitative estimate of drug-likeness (QED) is 0.694. The Labute approximate surface area is 70.7 Å². The Kier molecular flexibility index (Phi) is 1.92. The van der Waals surface area contributed by atoms with Crippen molar-refractivity contribution < 1.29 is 8.78 Å². The molecule has 0 radical (unpaired) electrons. The monoisotopic (exact) mass is 183 g/mol. The molecule has 0 aromatic rings. The second kappa shape index (κ2) is 2.30. The minimum absolute atomic E-state index is 0. The van der Waals surface area contributed by atoms with Gasteiger partial charge in [-0.3, -0.25) is 0 Å². The summed E-state index contributed by atoms with van der Waals surface area (Å²) >= 11 is 0. The highest BCUT2D eigenvalue weighted by Crippen LogP contribution is 2.70. The first kappa shape index (κ1) is 9.20. The molecule has 3 rings (SSSR count). The van der Waals surface area contributed by atoms with E-state index >= 15 is 0 Å². The fraction of sp³-hybridized carbons (Fsp3) is 1.00. The number of halogens is 3. The zero-order chi connectivity index (χ0) is 7.41. The van der Waals surface area contributed by atoms with E-state index in [2.05, 4.69) is 0 Å². The normalized spacial score (nSPS) is 40.1. The molecular weight excluding hydrogens is 172 g/mol. The third-order valence-electron chi connectivity index (χ3n) is 3.07. The molecule has 0 aromatic carbocycles. The smallest absolute Gasteiger partial charge is 0.265 e. The summed E-state index contributed by atoms with van der Waals surface area (Å²) < 4.78 is 25.8. The Morgan fingerprint density at radius 3 is 1.91 bits per heavy atom. The van der Waals surface area contributed by atoms with E-state index in [4.69, 9.17) is 5.73 Å². The molecule has 0 amide bonds. The topological polar surface area (TPSA) is 26.0 Å². The van der Waals surface area contributed by atoms with Gasteiger partial charge in [-0.05, 0) is 25.2 Å². The molecule has 0 aromatic heterocycles. The summed E-state index contributed by atoms with van der Waals surface area (Å²) in [6.07, 6.45) is 2.16. The van der Waals surface area contributed by atoms with E-state index in [9.17, 15) is 8.78 Å². The lowest BCUT2D eigenvalue weighted by atomic mass is 9.42. The van der Waals surface area contributed by atoms with Gasteiger partial charge < -0.3 is 5.73 Å². The van der Waals surface area contributed by atoms with Crippen LogP contribution >= 0.6 is 12.4 Å². The molecule has 3 aliphatic rings. The van der Waals surface area contributed by atoms with Crippen molar-refractivity contribution in [3.05, 3.63) is 0 Å². The fourth-order valence-corrected chi connectivity index (χ4v) is 2.14. The number of hydrogen-bond acceptors (Lipinski definition) is 1. The first-order valence-electron chi connectivity index (χ1n) is 3.68. The Hall–Kier alpha value is 0.110. The summed E-state index contributed by atoms with van der Waals surface area (Å²) in [7, 11) is 0. The molecule has 4 heteroatoms. The van der Waals surface area contributed by atoms with Gasteiger partial charge in [0, 0.05) is 5.41 Å². The van der Waals surface area contributed by atoms with Gasteiger partial charge in [0.2, 0.25) is 0 Å². The molecule has 11 heavy (non-hydrogen) atoms. The average molecular weight is 184 g/mol. The first-order valence-corrected chi connectivity index (χ1v) is 3.68. The zero-order valence-corrected chi connectivity index (χ0v) is 6.96. The van der Waals surface area contributed by atoms with Gasteiger partial charge in [-0.25, -0.2) is 8.78 Å². The fourth-order valence-electron chi connectivity index (χ4n) is 2.14. The van der Waals surface area contributed by atoms with E-state index in [1.54, 1.807) is 0 Å². The standard InChI is InChI=1S/C7H11F2N.ClH/c8-7(9,4-10)6-1-5(2-6)3-6;/h5H,1-4,10H2;1H. The van der Waals surface area contributed by atoms with Crippen LogP contribution in [-0.2, 0) is 0 Å². The van der Waals surface area contributed by atoms with Crippen molar-refractivity contribution in [2.24, 2.45) is 17.1 Å². The number of nitrogens with two attached hydrogens (primary N) is 1. The first-order chi connectivity index (χ1) is 4.60. The molecule has 0 atom stereocenters. The molecule has 0 saturated heterocycles. The van der Waals surface area contributed by atoms with Crippen LogP contribution in [0.1, 0.15) is 19.3 Å². The van der Waals surface area contributed by atoms with Gasteiger partial charge in [-0.15, -0.1) is 12.4 Å². The van der Waals surface area contributed by atoms with Gasteiger partial charge in [0.1, 0.15) is 0 Å². The zero-order valence-electron chi connectivity index (χ0n) is 6.15. The van der Waals surface area contributed by atoms with Crippen molar-refractivity contribution in [1.29, 1.82) is 0 Å². The van der Waals surface area contributed by atoms with Crippen LogP contribution in [0.5, 0.6) is 0 Å². The second-order valence-electron chi connectivity index (χ2n) is 3.67. The van der Waals surface area contributed by atoms with Crippen LogP contribution < -0.4 is 5.73 Å². The summed E-state index contributed by atoms with van der Waals surface area (Å²) in [5.74, 6) is -1.97. The van der Waals surface area contributed by atoms with Crippen molar-refractivity contribution in [1.82, 2.24) is 0 Å². The van der Waals surface area contributed by atoms with Crippen LogP contribution in [0.25, 0.3) is 0 Å². The molecular formula is C7H12ClF2N. The van der Waals surface area contributed by atoms with E-state index in [1.165, 1.54) is 0 Å².